The third kappa shape index (κ3) is 3.26. The Balaban J connectivity index is 1.90. The number of nitrogens with one attached hydrogen (secondary N) is 1. The average Bonchev–Trinajstić information content (AvgIpc) is 2.61. The van der Waals surface area contributed by atoms with Crippen molar-refractivity contribution in [3.8, 4) is 11.5 Å². The van der Waals surface area contributed by atoms with Crippen LogP contribution in [0.25, 0.3) is 10.9 Å². The molecule has 7 heteroatoms. The first-order valence-electron chi connectivity index (χ1n) is 7.17. The molecular formula is C17H15BrFN3O2. The van der Waals surface area contributed by atoms with E-state index in [-0.39, 0.29) is 5.82 Å². The lowest BCUT2D eigenvalue weighted by Gasteiger charge is -2.13. The Kier molecular flexibility index (Phi) is 4.80. The normalized spacial score (nSPS) is 10.7. The summed E-state index contributed by atoms with van der Waals surface area (Å²) in [4.78, 5) is 0. The molecule has 0 aliphatic rings. The highest BCUT2D eigenvalue weighted by atomic mass is 79.9. The summed E-state index contributed by atoms with van der Waals surface area (Å²) in [5, 5.41) is 11.9. The molecule has 0 aliphatic heterocycles. The maximum Gasteiger partial charge on any atom is 0.138 e. The molecule has 3 rings (SSSR count). The van der Waals surface area contributed by atoms with Gasteiger partial charge in [-0.25, -0.2) is 4.39 Å². The molecule has 0 saturated carbocycles. The van der Waals surface area contributed by atoms with E-state index in [9.17, 15) is 4.39 Å². The van der Waals surface area contributed by atoms with E-state index in [1.165, 1.54) is 6.07 Å². The number of nitrogens with zero attached hydrogens (tertiary/aromatic N) is 2. The van der Waals surface area contributed by atoms with Gasteiger partial charge in [-0.15, -0.1) is 0 Å². The van der Waals surface area contributed by atoms with Crippen LogP contribution in [0, 0.1) is 5.82 Å². The Hall–Kier alpha value is -2.41. The van der Waals surface area contributed by atoms with E-state index < -0.39 is 0 Å². The van der Waals surface area contributed by atoms with Crippen molar-refractivity contribution >= 4 is 32.5 Å². The summed E-state index contributed by atoms with van der Waals surface area (Å²) in [7, 11) is 3.21. The smallest absolute Gasteiger partial charge is 0.138 e. The fourth-order valence-corrected chi connectivity index (χ4v) is 2.71. The van der Waals surface area contributed by atoms with Crippen LogP contribution in [0.5, 0.6) is 11.5 Å². The van der Waals surface area contributed by atoms with Crippen molar-refractivity contribution in [1.29, 1.82) is 0 Å². The highest BCUT2D eigenvalue weighted by Gasteiger charge is 2.10. The lowest BCUT2D eigenvalue weighted by molar-refractivity contribution is 0.391. The highest BCUT2D eigenvalue weighted by Crippen LogP contribution is 2.29. The Bertz CT molecular complexity index is 889. The fraction of sp³-hybridized carbons (Fsp3) is 0.176. The van der Waals surface area contributed by atoms with Crippen LogP contribution in [0.2, 0.25) is 0 Å². The first kappa shape index (κ1) is 16.4. The maximum atomic E-state index is 13.8. The first-order valence-corrected chi connectivity index (χ1v) is 7.97. The minimum atomic E-state index is -0.347. The van der Waals surface area contributed by atoms with Crippen LogP contribution in [-0.2, 0) is 6.54 Å². The van der Waals surface area contributed by atoms with E-state index in [2.05, 4.69) is 31.4 Å². The van der Waals surface area contributed by atoms with Crippen molar-refractivity contribution in [2.45, 2.75) is 6.54 Å². The van der Waals surface area contributed by atoms with Crippen LogP contribution in [0.15, 0.2) is 41.0 Å². The van der Waals surface area contributed by atoms with Gasteiger partial charge in [0.2, 0.25) is 0 Å². The quantitative estimate of drug-likeness (QED) is 0.707. The maximum absolute atomic E-state index is 13.8. The van der Waals surface area contributed by atoms with Gasteiger partial charge in [0.1, 0.15) is 17.3 Å². The predicted molar refractivity (Wildman–Crippen MR) is 94.1 cm³/mol. The molecule has 0 unspecified atom stereocenters. The van der Waals surface area contributed by atoms with E-state index >= 15 is 0 Å². The number of rotatable bonds is 5. The van der Waals surface area contributed by atoms with Crippen LogP contribution in [-0.4, -0.2) is 24.4 Å². The highest BCUT2D eigenvalue weighted by molar-refractivity contribution is 9.10. The number of ether oxygens (including phenoxy) is 2. The molecule has 0 saturated heterocycles. The molecule has 0 amide bonds. The number of halogens is 2. The number of hydrogen-bond acceptors (Lipinski definition) is 5. The molecular weight excluding hydrogens is 377 g/mol. The topological polar surface area (TPSA) is 56.3 Å². The molecule has 1 N–H and O–H groups in total. The third-order valence-corrected chi connectivity index (χ3v) is 4.25. The fourth-order valence-electron chi connectivity index (χ4n) is 2.38. The first-order chi connectivity index (χ1) is 11.6. The second-order valence-corrected chi connectivity index (χ2v) is 5.93. The van der Waals surface area contributed by atoms with Crippen molar-refractivity contribution in [2.75, 3.05) is 19.5 Å². The molecule has 0 atom stereocenters. The SMILES string of the molecule is COc1ccc(CNc2cnnc3cc(Br)c(F)cc23)c(OC)c1. The van der Waals surface area contributed by atoms with E-state index in [0.29, 0.717) is 33.4 Å². The second kappa shape index (κ2) is 7.00. The molecule has 3 aromatic rings. The van der Waals surface area contributed by atoms with Crippen LogP contribution < -0.4 is 14.8 Å². The minimum absolute atomic E-state index is 0.347. The molecule has 0 fully saturated rings. The molecule has 5 nitrogen and oxygen atoms in total. The second-order valence-electron chi connectivity index (χ2n) is 5.07. The molecule has 0 radical (unpaired) electrons. The minimum Gasteiger partial charge on any atom is -0.497 e. The van der Waals surface area contributed by atoms with Crippen LogP contribution >= 0.6 is 15.9 Å². The van der Waals surface area contributed by atoms with Gasteiger partial charge in [0, 0.05) is 23.6 Å². The van der Waals surface area contributed by atoms with Crippen molar-refractivity contribution < 1.29 is 13.9 Å². The van der Waals surface area contributed by atoms with Gasteiger partial charge in [-0.3, -0.25) is 0 Å². The zero-order chi connectivity index (χ0) is 17.1. The van der Waals surface area contributed by atoms with Crippen LogP contribution in [0.4, 0.5) is 10.1 Å². The van der Waals surface area contributed by atoms with Gasteiger partial charge in [0.25, 0.3) is 0 Å². The standard InChI is InChI=1S/C17H15BrFN3O2/c1-23-11-4-3-10(17(5-11)24-2)8-20-16-9-21-22-15-7-13(18)14(19)6-12(15)16/h3-7,9H,8H2,1-2H3,(H,20,22). The molecule has 24 heavy (non-hydrogen) atoms. The monoisotopic (exact) mass is 391 g/mol. The van der Waals surface area contributed by atoms with E-state index in [4.69, 9.17) is 9.47 Å². The lowest BCUT2D eigenvalue weighted by atomic mass is 10.1. The predicted octanol–water partition coefficient (Wildman–Crippen LogP) is 4.16. The van der Waals surface area contributed by atoms with Gasteiger partial charge in [0.05, 0.1) is 36.1 Å². The number of hydrogen-bond donors (Lipinski definition) is 1. The molecule has 124 valence electrons. The van der Waals surface area contributed by atoms with Gasteiger partial charge in [0.15, 0.2) is 0 Å². The molecule has 0 bridgehead atoms. The summed E-state index contributed by atoms with van der Waals surface area (Å²) in [5.41, 5.74) is 2.25. The Morgan fingerprint density at radius 3 is 2.75 bits per heavy atom. The summed E-state index contributed by atoms with van der Waals surface area (Å²) in [6, 6.07) is 8.63. The number of benzene rings is 2. The van der Waals surface area contributed by atoms with Gasteiger partial charge in [-0.2, -0.15) is 10.2 Å². The number of fused-ring (bicyclic) bond motifs is 1. The molecule has 0 aliphatic carbocycles. The van der Waals surface area contributed by atoms with Gasteiger partial charge >= 0.3 is 0 Å². The van der Waals surface area contributed by atoms with Crippen molar-refractivity contribution in [3.05, 3.63) is 52.4 Å². The van der Waals surface area contributed by atoms with Crippen LogP contribution in [0.1, 0.15) is 5.56 Å². The van der Waals surface area contributed by atoms with Gasteiger partial charge < -0.3 is 14.8 Å². The van der Waals surface area contributed by atoms with Crippen LogP contribution in [0.3, 0.4) is 0 Å². The zero-order valence-corrected chi connectivity index (χ0v) is 14.7. The summed E-state index contributed by atoms with van der Waals surface area (Å²) < 4.78 is 24.8. The average molecular weight is 392 g/mol. The summed E-state index contributed by atoms with van der Waals surface area (Å²) >= 11 is 3.16. The van der Waals surface area contributed by atoms with E-state index in [0.717, 1.165) is 11.3 Å². The number of anilines is 1. The molecule has 0 spiro atoms. The lowest BCUT2D eigenvalue weighted by Crippen LogP contribution is -2.03. The molecule has 2 aromatic carbocycles. The number of methoxy groups -OCH3 is 2. The van der Waals surface area contributed by atoms with Crippen molar-refractivity contribution in [3.63, 3.8) is 0 Å². The van der Waals surface area contributed by atoms with Crippen molar-refractivity contribution in [1.82, 2.24) is 10.2 Å². The zero-order valence-electron chi connectivity index (χ0n) is 13.1. The summed E-state index contributed by atoms with van der Waals surface area (Å²) in [6.07, 6.45) is 1.58. The number of aromatic nitrogens is 2. The third-order valence-electron chi connectivity index (χ3n) is 3.64. The Morgan fingerprint density at radius 2 is 2.00 bits per heavy atom. The molecule has 1 aromatic heterocycles. The summed E-state index contributed by atoms with van der Waals surface area (Å²) in [5.74, 6) is 1.08. The Labute approximate surface area is 146 Å². The van der Waals surface area contributed by atoms with E-state index in [1.54, 1.807) is 26.5 Å². The van der Waals surface area contributed by atoms with Gasteiger partial charge in [-0.1, -0.05) is 0 Å². The van der Waals surface area contributed by atoms with Crippen molar-refractivity contribution in [2.24, 2.45) is 0 Å². The Morgan fingerprint density at radius 1 is 1.17 bits per heavy atom. The van der Waals surface area contributed by atoms with Gasteiger partial charge in [-0.05, 0) is 40.2 Å². The largest absolute Gasteiger partial charge is 0.497 e. The van der Waals surface area contributed by atoms with E-state index in [1.807, 2.05) is 18.2 Å². The summed E-state index contributed by atoms with van der Waals surface area (Å²) in [6.45, 7) is 0.492. The molecule has 1 heterocycles.